The summed E-state index contributed by atoms with van der Waals surface area (Å²) in [7, 11) is 0. The van der Waals surface area contributed by atoms with E-state index in [9.17, 15) is 18.8 Å². The Morgan fingerprint density at radius 1 is 1.25 bits per heavy atom. The number of nitriles is 1. The standard InChI is InChI=1S/C15H17F2NO2/c1-3-10(4-2)14(19)13(9-18)11-5-7-12(8-6-11)20-15(16)17/h5-8,10,13,15H,3-4H2,1-2H3. The van der Waals surface area contributed by atoms with Crippen LogP contribution in [0.2, 0.25) is 0 Å². The number of halogens is 2. The van der Waals surface area contributed by atoms with Crippen LogP contribution in [0.15, 0.2) is 24.3 Å². The Bertz CT molecular complexity index is 476. The van der Waals surface area contributed by atoms with Crippen LogP contribution in [0.4, 0.5) is 8.78 Å². The number of ether oxygens (including phenoxy) is 1. The number of nitrogens with zero attached hydrogens (tertiary/aromatic N) is 1. The number of carbonyl (C=O) groups excluding carboxylic acids is 1. The van der Waals surface area contributed by atoms with Gasteiger partial charge in [-0.15, -0.1) is 0 Å². The Hall–Kier alpha value is -1.96. The molecule has 0 saturated carbocycles. The molecule has 0 amide bonds. The minimum absolute atomic E-state index is 0.00965. The third-order valence-corrected chi connectivity index (χ3v) is 3.24. The molecule has 1 atom stereocenters. The first-order valence-electron chi connectivity index (χ1n) is 6.51. The van der Waals surface area contributed by atoms with Gasteiger partial charge in [-0.25, -0.2) is 0 Å². The first-order chi connectivity index (χ1) is 9.53. The van der Waals surface area contributed by atoms with Crippen molar-refractivity contribution in [2.24, 2.45) is 5.92 Å². The Balaban J connectivity index is 2.91. The van der Waals surface area contributed by atoms with E-state index >= 15 is 0 Å². The lowest BCUT2D eigenvalue weighted by Crippen LogP contribution is -2.20. The smallest absolute Gasteiger partial charge is 0.387 e. The molecule has 5 heteroatoms. The molecule has 0 bridgehead atoms. The molecule has 1 rings (SSSR count). The number of carbonyl (C=O) groups is 1. The van der Waals surface area contributed by atoms with Crippen molar-refractivity contribution in [2.75, 3.05) is 0 Å². The molecule has 108 valence electrons. The number of alkyl halides is 2. The molecule has 0 aliphatic carbocycles. The highest BCUT2D eigenvalue weighted by molar-refractivity contribution is 5.90. The summed E-state index contributed by atoms with van der Waals surface area (Å²) in [5, 5.41) is 9.18. The highest BCUT2D eigenvalue weighted by Gasteiger charge is 2.26. The van der Waals surface area contributed by atoms with E-state index < -0.39 is 12.5 Å². The van der Waals surface area contributed by atoms with Crippen LogP contribution in [-0.2, 0) is 4.79 Å². The normalized spacial score (nSPS) is 12.2. The molecule has 1 aromatic carbocycles. The first-order valence-corrected chi connectivity index (χ1v) is 6.51. The molecule has 0 aromatic heterocycles. The van der Waals surface area contributed by atoms with Crippen LogP contribution in [0.5, 0.6) is 5.75 Å². The SMILES string of the molecule is CCC(CC)C(=O)C(C#N)c1ccc(OC(F)F)cc1. The molecular formula is C15H17F2NO2. The zero-order chi connectivity index (χ0) is 15.1. The lowest BCUT2D eigenvalue weighted by atomic mass is 9.85. The second-order valence-corrected chi connectivity index (χ2v) is 4.43. The van der Waals surface area contributed by atoms with Crippen LogP contribution in [0.1, 0.15) is 38.2 Å². The minimum Gasteiger partial charge on any atom is -0.435 e. The molecule has 0 heterocycles. The molecule has 3 nitrogen and oxygen atoms in total. The summed E-state index contributed by atoms with van der Waals surface area (Å²) in [6.07, 6.45) is 1.36. The molecule has 1 unspecified atom stereocenters. The first kappa shape index (κ1) is 16.1. The monoisotopic (exact) mass is 281 g/mol. The van der Waals surface area contributed by atoms with E-state index in [2.05, 4.69) is 4.74 Å². The molecule has 0 spiro atoms. The van der Waals surface area contributed by atoms with Crippen molar-refractivity contribution in [2.45, 2.75) is 39.2 Å². The van der Waals surface area contributed by atoms with Crippen molar-refractivity contribution in [1.82, 2.24) is 0 Å². The second-order valence-electron chi connectivity index (χ2n) is 4.43. The molecule has 0 radical (unpaired) electrons. The van der Waals surface area contributed by atoms with Crippen molar-refractivity contribution in [3.05, 3.63) is 29.8 Å². The van der Waals surface area contributed by atoms with E-state index in [0.29, 0.717) is 18.4 Å². The number of hydrogen-bond acceptors (Lipinski definition) is 3. The zero-order valence-electron chi connectivity index (χ0n) is 11.5. The second kappa shape index (κ2) is 7.59. The fourth-order valence-electron chi connectivity index (χ4n) is 2.07. The van der Waals surface area contributed by atoms with Gasteiger partial charge in [-0.05, 0) is 30.5 Å². The van der Waals surface area contributed by atoms with E-state index in [1.165, 1.54) is 24.3 Å². The van der Waals surface area contributed by atoms with Crippen LogP contribution < -0.4 is 4.74 Å². The van der Waals surface area contributed by atoms with Gasteiger partial charge in [0.1, 0.15) is 11.7 Å². The molecule has 0 aliphatic heterocycles. The van der Waals surface area contributed by atoms with Crippen molar-refractivity contribution in [3.8, 4) is 11.8 Å². The Morgan fingerprint density at radius 3 is 2.20 bits per heavy atom. The predicted octanol–water partition coefficient (Wildman–Crippen LogP) is 3.90. The lowest BCUT2D eigenvalue weighted by molar-refractivity contribution is -0.123. The number of benzene rings is 1. The van der Waals surface area contributed by atoms with Crippen LogP contribution in [0, 0.1) is 17.2 Å². The zero-order valence-corrected chi connectivity index (χ0v) is 11.5. The Labute approximate surface area is 117 Å². The van der Waals surface area contributed by atoms with Gasteiger partial charge in [-0.2, -0.15) is 14.0 Å². The van der Waals surface area contributed by atoms with Crippen molar-refractivity contribution >= 4 is 5.78 Å². The van der Waals surface area contributed by atoms with Gasteiger partial charge in [-0.3, -0.25) is 4.79 Å². The fraction of sp³-hybridized carbons (Fsp3) is 0.467. The maximum atomic E-state index is 12.2. The van der Waals surface area contributed by atoms with E-state index in [0.717, 1.165) is 0 Å². The highest BCUT2D eigenvalue weighted by atomic mass is 19.3. The lowest BCUT2D eigenvalue weighted by Gasteiger charge is -2.16. The van der Waals surface area contributed by atoms with Gasteiger partial charge in [0.25, 0.3) is 0 Å². The van der Waals surface area contributed by atoms with Gasteiger partial charge in [0.05, 0.1) is 6.07 Å². The summed E-state index contributed by atoms with van der Waals surface area (Å²) >= 11 is 0. The van der Waals surface area contributed by atoms with Gasteiger partial charge in [0.2, 0.25) is 0 Å². The third-order valence-electron chi connectivity index (χ3n) is 3.24. The van der Waals surface area contributed by atoms with Gasteiger partial charge >= 0.3 is 6.61 Å². The molecular weight excluding hydrogens is 264 g/mol. The third kappa shape index (κ3) is 4.02. The predicted molar refractivity (Wildman–Crippen MR) is 70.5 cm³/mol. The van der Waals surface area contributed by atoms with E-state index in [1.54, 1.807) is 0 Å². The topological polar surface area (TPSA) is 50.1 Å². The molecule has 20 heavy (non-hydrogen) atoms. The van der Waals surface area contributed by atoms with Gasteiger partial charge < -0.3 is 4.74 Å². The Morgan fingerprint density at radius 2 is 1.80 bits per heavy atom. The maximum absolute atomic E-state index is 12.2. The summed E-state index contributed by atoms with van der Waals surface area (Å²) in [5.74, 6) is -1.13. The summed E-state index contributed by atoms with van der Waals surface area (Å²) in [4.78, 5) is 12.2. The number of rotatable bonds is 7. The highest BCUT2D eigenvalue weighted by Crippen LogP contribution is 2.25. The van der Waals surface area contributed by atoms with Gasteiger partial charge in [0.15, 0.2) is 5.78 Å². The van der Waals surface area contributed by atoms with Crippen molar-refractivity contribution < 1.29 is 18.3 Å². The molecule has 0 fully saturated rings. The van der Waals surface area contributed by atoms with Gasteiger partial charge in [0, 0.05) is 5.92 Å². The number of hydrogen-bond donors (Lipinski definition) is 0. The number of Topliss-reactive ketones (excluding diaryl/α,β-unsaturated/α-hetero) is 1. The Kier molecular flexibility index (Phi) is 6.10. The summed E-state index contributed by atoms with van der Waals surface area (Å²) < 4.78 is 28.3. The van der Waals surface area contributed by atoms with Crippen molar-refractivity contribution in [1.29, 1.82) is 5.26 Å². The van der Waals surface area contributed by atoms with Crippen molar-refractivity contribution in [3.63, 3.8) is 0 Å². The number of ketones is 1. The summed E-state index contributed by atoms with van der Waals surface area (Å²) in [6.45, 7) is 0.916. The minimum atomic E-state index is -2.89. The van der Waals surface area contributed by atoms with E-state index in [4.69, 9.17) is 0 Å². The van der Waals surface area contributed by atoms with Crippen LogP contribution in [0.25, 0.3) is 0 Å². The average molecular weight is 281 g/mol. The molecule has 0 aliphatic rings. The molecule has 0 saturated heterocycles. The summed E-state index contributed by atoms with van der Waals surface area (Å²) in [6, 6.07) is 7.62. The van der Waals surface area contributed by atoms with Crippen LogP contribution in [0.3, 0.4) is 0 Å². The average Bonchev–Trinajstić information content (AvgIpc) is 2.42. The van der Waals surface area contributed by atoms with E-state index in [1.807, 2.05) is 19.9 Å². The van der Waals surface area contributed by atoms with Crippen LogP contribution >= 0.6 is 0 Å². The van der Waals surface area contributed by atoms with E-state index in [-0.39, 0.29) is 17.5 Å². The van der Waals surface area contributed by atoms with Gasteiger partial charge in [-0.1, -0.05) is 26.0 Å². The van der Waals surface area contributed by atoms with Crippen LogP contribution in [-0.4, -0.2) is 12.4 Å². The fourth-order valence-corrected chi connectivity index (χ4v) is 2.07. The molecule has 0 N–H and O–H groups in total. The largest absolute Gasteiger partial charge is 0.435 e. The quantitative estimate of drug-likeness (QED) is 0.761. The maximum Gasteiger partial charge on any atom is 0.387 e. The summed E-state index contributed by atoms with van der Waals surface area (Å²) in [5.41, 5.74) is 0.506. The molecule has 1 aromatic rings.